The fourth-order valence-electron chi connectivity index (χ4n) is 3.08. The van der Waals surface area contributed by atoms with Crippen LogP contribution < -0.4 is 4.87 Å². The minimum absolute atomic E-state index is 0.0523. The number of thioether (sulfide) groups is 1. The lowest BCUT2D eigenvalue weighted by Crippen LogP contribution is -2.18. The van der Waals surface area contributed by atoms with Gasteiger partial charge in [0.25, 0.3) is 0 Å². The number of hydrogen-bond donors (Lipinski definition) is 1. The van der Waals surface area contributed by atoms with Crippen LogP contribution in [0, 0.1) is 0 Å². The van der Waals surface area contributed by atoms with Crippen LogP contribution in [-0.2, 0) is 24.3 Å². The highest BCUT2D eigenvalue weighted by molar-refractivity contribution is 7.99. The lowest BCUT2D eigenvalue weighted by Gasteiger charge is -2.10. The molecular weight excluding hydrogens is 408 g/mol. The summed E-state index contributed by atoms with van der Waals surface area (Å²) >= 11 is 2.34. The third-order valence-corrected chi connectivity index (χ3v) is 6.37. The summed E-state index contributed by atoms with van der Waals surface area (Å²) in [6.45, 7) is 0.892. The summed E-state index contributed by atoms with van der Waals surface area (Å²) in [5.41, 5.74) is 2.03. The highest BCUT2D eigenvalue weighted by atomic mass is 32.2. The molecule has 9 heteroatoms. The molecule has 7 nitrogen and oxygen atoms in total. The maximum absolute atomic E-state index is 12.5. The Hall–Kier alpha value is -2.91. The predicted octanol–water partition coefficient (Wildman–Crippen LogP) is 3.12. The van der Waals surface area contributed by atoms with Gasteiger partial charge < -0.3 is 9.67 Å². The van der Waals surface area contributed by atoms with E-state index >= 15 is 0 Å². The number of benzene rings is 2. The van der Waals surface area contributed by atoms with E-state index in [1.165, 1.54) is 16.9 Å². The molecule has 0 saturated heterocycles. The number of carboxylic acids is 1. The van der Waals surface area contributed by atoms with Gasteiger partial charge in [-0.15, -0.1) is 10.2 Å². The molecule has 0 amide bonds. The first-order chi connectivity index (χ1) is 14.1. The first-order valence-corrected chi connectivity index (χ1v) is 10.8. The summed E-state index contributed by atoms with van der Waals surface area (Å²) < 4.78 is 4.53. The van der Waals surface area contributed by atoms with Gasteiger partial charge in [-0.05, 0) is 24.1 Å². The van der Waals surface area contributed by atoms with Crippen molar-refractivity contribution >= 4 is 39.3 Å². The number of carboxylic acid groups (broad SMARTS) is 1. The van der Waals surface area contributed by atoms with Crippen LogP contribution >= 0.6 is 23.1 Å². The van der Waals surface area contributed by atoms with Crippen molar-refractivity contribution in [1.82, 2.24) is 19.3 Å². The summed E-state index contributed by atoms with van der Waals surface area (Å²) in [4.78, 5) is 23.4. The number of rotatable bonds is 8. The number of fused-ring (bicyclic) bond motifs is 1. The highest BCUT2D eigenvalue weighted by Crippen LogP contribution is 2.21. The van der Waals surface area contributed by atoms with E-state index in [1.807, 2.05) is 59.2 Å². The molecule has 4 aromatic rings. The minimum atomic E-state index is -0.908. The zero-order valence-corrected chi connectivity index (χ0v) is 17.0. The van der Waals surface area contributed by atoms with Crippen LogP contribution in [0.2, 0.25) is 0 Å². The molecule has 2 heterocycles. The molecule has 29 heavy (non-hydrogen) atoms. The van der Waals surface area contributed by atoms with Crippen LogP contribution in [0.1, 0.15) is 11.4 Å². The molecule has 0 aliphatic rings. The standard InChI is InChI=1S/C20H18N4O3S2/c25-18(26)13-28-19-22-21-17(23(19)11-10-14-6-2-1-3-7-14)12-24-15-8-4-5-9-16(15)29-20(24)27/h1-9H,10-13H2,(H,25,26). The van der Waals surface area contributed by atoms with Crippen molar-refractivity contribution in [3.63, 3.8) is 0 Å². The lowest BCUT2D eigenvalue weighted by molar-refractivity contribution is -0.133. The summed E-state index contributed by atoms with van der Waals surface area (Å²) in [6, 6.07) is 17.7. The Kier molecular flexibility index (Phi) is 5.77. The Morgan fingerprint density at radius 2 is 1.79 bits per heavy atom. The molecule has 0 aliphatic heterocycles. The summed E-state index contributed by atoms with van der Waals surface area (Å²) in [7, 11) is 0. The molecule has 2 aromatic heterocycles. The second kappa shape index (κ2) is 8.62. The van der Waals surface area contributed by atoms with Crippen molar-refractivity contribution in [2.24, 2.45) is 0 Å². The SMILES string of the molecule is O=C(O)CSc1nnc(Cn2c(=O)sc3ccccc32)n1CCc1ccccc1. The maximum atomic E-state index is 12.5. The number of para-hydroxylation sites is 1. The van der Waals surface area contributed by atoms with Gasteiger partial charge in [0.15, 0.2) is 11.0 Å². The van der Waals surface area contributed by atoms with Crippen molar-refractivity contribution in [3.8, 4) is 0 Å². The van der Waals surface area contributed by atoms with Crippen molar-refractivity contribution in [2.75, 3.05) is 5.75 Å². The molecule has 0 atom stereocenters. The van der Waals surface area contributed by atoms with Crippen LogP contribution in [0.4, 0.5) is 0 Å². The monoisotopic (exact) mass is 426 g/mol. The number of aliphatic carboxylic acids is 1. The average molecular weight is 427 g/mol. The van der Waals surface area contributed by atoms with E-state index in [1.54, 1.807) is 4.57 Å². The zero-order valence-electron chi connectivity index (χ0n) is 15.4. The van der Waals surface area contributed by atoms with E-state index < -0.39 is 5.97 Å². The molecule has 0 aliphatic carbocycles. The second-order valence-corrected chi connectivity index (χ2v) is 8.33. The van der Waals surface area contributed by atoms with E-state index in [2.05, 4.69) is 10.2 Å². The number of aryl methyl sites for hydroxylation is 1. The van der Waals surface area contributed by atoms with Crippen LogP contribution in [0.25, 0.3) is 10.2 Å². The zero-order chi connectivity index (χ0) is 20.2. The quantitative estimate of drug-likeness (QED) is 0.436. The molecule has 0 radical (unpaired) electrons. The van der Waals surface area contributed by atoms with Crippen LogP contribution in [0.15, 0.2) is 64.5 Å². The molecule has 0 saturated carbocycles. The Balaban J connectivity index is 1.65. The predicted molar refractivity (Wildman–Crippen MR) is 114 cm³/mol. The van der Waals surface area contributed by atoms with E-state index in [-0.39, 0.29) is 17.2 Å². The van der Waals surface area contributed by atoms with Gasteiger partial charge in [0.05, 0.1) is 22.5 Å². The van der Waals surface area contributed by atoms with Gasteiger partial charge >= 0.3 is 10.8 Å². The number of thiazole rings is 1. The van der Waals surface area contributed by atoms with E-state index in [0.29, 0.717) is 17.5 Å². The molecule has 0 bridgehead atoms. The smallest absolute Gasteiger partial charge is 0.313 e. The molecule has 0 fully saturated rings. The van der Waals surface area contributed by atoms with Gasteiger partial charge in [0.2, 0.25) is 0 Å². The molecule has 1 N–H and O–H groups in total. The summed E-state index contributed by atoms with van der Waals surface area (Å²) in [6.07, 6.45) is 0.756. The third kappa shape index (κ3) is 4.41. The van der Waals surface area contributed by atoms with Crippen LogP contribution in [-0.4, -0.2) is 36.2 Å². The molecule has 0 spiro atoms. The summed E-state index contributed by atoms with van der Waals surface area (Å²) in [5, 5.41) is 18.0. The third-order valence-electron chi connectivity index (χ3n) is 4.46. The van der Waals surface area contributed by atoms with E-state index in [4.69, 9.17) is 5.11 Å². The highest BCUT2D eigenvalue weighted by Gasteiger charge is 2.17. The normalized spacial score (nSPS) is 11.2. The topological polar surface area (TPSA) is 90.0 Å². The van der Waals surface area contributed by atoms with Gasteiger partial charge in [-0.2, -0.15) is 0 Å². The Morgan fingerprint density at radius 1 is 1.03 bits per heavy atom. The fourth-order valence-corrected chi connectivity index (χ4v) is 4.68. The Morgan fingerprint density at radius 3 is 2.59 bits per heavy atom. The van der Waals surface area contributed by atoms with Crippen molar-refractivity contribution in [2.45, 2.75) is 24.7 Å². The molecular formula is C20H18N4O3S2. The molecule has 0 unspecified atom stereocenters. The fraction of sp³-hybridized carbons (Fsp3) is 0.200. The number of nitrogens with zero attached hydrogens (tertiary/aromatic N) is 4. The van der Waals surface area contributed by atoms with Gasteiger partial charge in [0.1, 0.15) is 0 Å². The van der Waals surface area contributed by atoms with Gasteiger partial charge in [-0.3, -0.25) is 14.2 Å². The molecule has 148 valence electrons. The number of carbonyl (C=O) groups is 1. The lowest BCUT2D eigenvalue weighted by atomic mass is 10.1. The Bertz CT molecular complexity index is 1200. The minimum Gasteiger partial charge on any atom is -0.481 e. The van der Waals surface area contributed by atoms with Gasteiger partial charge in [-0.25, -0.2) is 0 Å². The molecule has 2 aromatic carbocycles. The maximum Gasteiger partial charge on any atom is 0.313 e. The number of hydrogen-bond acceptors (Lipinski definition) is 6. The van der Waals surface area contributed by atoms with Crippen molar-refractivity contribution in [1.29, 1.82) is 0 Å². The second-order valence-electron chi connectivity index (χ2n) is 6.39. The molecule has 4 rings (SSSR count). The number of aromatic nitrogens is 4. The largest absolute Gasteiger partial charge is 0.481 e. The van der Waals surface area contributed by atoms with Gasteiger partial charge in [-0.1, -0.05) is 65.6 Å². The van der Waals surface area contributed by atoms with Gasteiger partial charge in [0, 0.05) is 6.54 Å². The van der Waals surface area contributed by atoms with Crippen molar-refractivity contribution < 1.29 is 9.90 Å². The summed E-state index contributed by atoms with van der Waals surface area (Å²) in [5.74, 6) is -0.362. The Labute approximate surface area is 174 Å². The first-order valence-electron chi connectivity index (χ1n) is 9.01. The van der Waals surface area contributed by atoms with Crippen LogP contribution in [0.3, 0.4) is 0 Å². The van der Waals surface area contributed by atoms with Crippen molar-refractivity contribution in [3.05, 3.63) is 75.7 Å². The van der Waals surface area contributed by atoms with E-state index in [0.717, 1.165) is 28.4 Å². The average Bonchev–Trinajstić information content (AvgIpc) is 3.26. The van der Waals surface area contributed by atoms with Crippen LogP contribution in [0.5, 0.6) is 0 Å². The van der Waals surface area contributed by atoms with E-state index in [9.17, 15) is 9.59 Å². The first kappa shape index (κ1) is 19.4.